The highest BCUT2D eigenvalue weighted by Gasteiger charge is 2.07. The van der Waals surface area contributed by atoms with Crippen LogP contribution in [0, 0.1) is 0 Å². The van der Waals surface area contributed by atoms with Crippen LogP contribution in [-0.4, -0.2) is 25.7 Å². The number of aryl methyl sites for hydroxylation is 1. The molecule has 0 aliphatic heterocycles. The Hall–Kier alpha value is -2.63. The predicted molar refractivity (Wildman–Crippen MR) is 70.5 cm³/mol. The van der Waals surface area contributed by atoms with Crippen molar-refractivity contribution in [3.05, 3.63) is 48.0 Å². The van der Waals surface area contributed by atoms with Crippen LogP contribution in [0.3, 0.4) is 0 Å². The largest absolute Gasteiger partial charge is 0.348 e. The number of nitrogens with zero attached hydrogens (tertiary/aromatic N) is 3. The fourth-order valence-corrected chi connectivity index (χ4v) is 1.92. The van der Waals surface area contributed by atoms with E-state index in [1.54, 1.807) is 30.5 Å². The van der Waals surface area contributed by atoms with Gasteiger partial charge in [0.2, 0.25) is 0 Å². The summed E-state index contributed by atoms with van der Waals surface area (Å²) < 4.78 is 1.60. The predicted octanol–water partition coefficient (Wildman–Crippen LogP) is 1.23. The summed E-state index contributed by atoms with van der Waals surface area (Å²) in [6, 6.07) is 5.86. The van der Waals surface area contributed by atoms with Gasteiger partial charge < -0.3 is 10.3 Å². The van der Waals surface area contributed by atoms with Crippen LogP contribution in [0.5, 0.6) is 0 Å². The van der Waals surface area contributed by atoms with Crippen molar-refractivity contribution in [1.29, 1.82) is 0 Å². The highest BCUT2D eigenvalue weighted by Crippen LogP contribution is 2.11. The highest BCUT2D eigenvalue weighted by molar-refractivity contribution is 5.93. The van der Waals surface area contributed by atoms with Crippen LogP contribution in [0.15, 0.2) is 36.9 Å². The van der Waals surface area contributed by atoms with E-state index in [4.69, 9.17) is 0 Å². The van der Waals surface area contributed by atoms with E-state index in [-0.39, 0.29) is 5.91 Å². The first-order valence-electron chi connectivity index (χ1n) is 5.91. The Balaban J connectivity index is 1.70. The average Bonchev–Trinajstić information content (AvgIpc) is 3.03. The van der Waals surface area contributed by atoms with Crippen molar-refractivity contribution in [2.75, 3.05) is 0 Å². The van der Waals surface area contributed by atoms with Crippen molar-refractivity contribution >= 4 is 16.9 Å². The van der Waals surface area contributed by atoms with E-state index in [1.807, 2.05) is 18.2 Å². The van der Waals surface area contributed by atoms with Gasteiger partial charge in [0.15, 0.2) is 0 Å². The van der Waals surface area contributed by atoms with Gasteiger partial charge in [-0.2, -0.15) is 5.10 Å². The molecule has 0 saturated heterocycles. The second-order valence-electron chi connectivity index (χ2n) is 4.34. The maximum Gasteiger partial charge on any atom is 0.254 e. The lowest BCUT2D eigenvalue weighted by molar-refractivity contribution is 0.0951. The number of nitrogens with one attached hydrogen (secondary N) is 2. The molecule has 2 aromatic heterocycles. The summed E-state index contributed by atoms with van der Waals surface area (Å²) in [7, 11) is 1.78. The summed E-state index contributed by atoms with van der Waals surface area (Å²) in [5.41, 5.74) is 3.47. The number of amides is 1. The molecule has 3 aromatic rings. The normalized spacial score (nSPS) is 10.8. The molecule has 3 rings (SSSR count). The van der Waals surface area contributed by atoms with Crippen LogP contribution in [0.25, 0.3) is 11.0 Å². The number of aromatic nitrogens is 4. The number of carbonyl (C=O) groups is 1. The third kappa shape index (κ3) is 2.33. The number of hydrogen-bond acceptors (Lipinski definition) is 3. The molecule has 1 amide bonds. The molecule has 0 unspecified atom stereocenters. The molecule has 2 heterocycles. The van der Waals surface area contributed by atoms with Crippen LogP contribution in [0.2, 0.25) is 0 Å². The van der Waals surface area contributed by atoms with Gasteiger partial charge in [-0.3, -0.25) is 9.48 Å². The summed E-state index contributed by atoms with van der Waals surface area (Å²) in [4.78, 5) is 19.1. The molecular formula is C13H13N5O. The fraction of sp³-hybridized carbons (Fsp3) is 0.154. The van der Waals surface area contributed by atoms with E-state index in [2.05, 4.69) is 20.4 Å². The lowest BCUT2D eigenvalue weighted by atomic mass is 10.2. The molecule has 19 heavy (non-hydrogen) atoms. The second-order valence-corrected chi connectivity index (χ2v) is 4.34. The molecular weight excluding hydrogens is 242 g/mol. The molecule has 2 N–H and O–H groups in total. The van der Waals surface area contributed by atoms with Gasteiger partial charge in [-0.25, -0.2) is 4.98 Å². The minimum Gasteiger partial charge on any atom is -0.348 e. The van der Waals surface area contributed by atoms with Crippen LogP contribution in [0.1, 0.15) is 15.9 Å². The molecule has 1 aromatic carbocycles. The summed E-state index contributed by atoms with van der Waals surface area (Å²) in [5, 5.41) is 6.83. The van der Waals surface area contributed by atoms with Crippen LogP contribution in [-0.2, 0) is 13.6 Å². The average molecular weight is 255 g/mol. The fourth-order valence-electron chi connectivity index (χ4n) is 1.92. The molecule has 0 atom stereocenters. The van der Waals surface area contributed by atoms with Gasteiger partial charge in [0.25, 0.3) is 5.91 Å². The van der Waals surface area contributed by atoms with Gasteiger partial charge in [0.05, 0.1) is 29.1 Å². The van der Waals surface area contributed by atoms with Gasteiger partial charge in [-0.1, -0.05) is 6.07 Å². The number of hydrogen-bond donors (Lipinski definition) is 2. The topological polar surface area (TPSA) is 75.6 Å². The van der Waals surface area contributed by atoms with Gasteiger partial charge in [-0.05, 0) is 17.7 Å². The van der Waals surface area contributed by atoms with Crippen LogP contribution >= 0.6 is 0 Å². The number of imidazole rings is 1. The zero-order valence-electron chi connectivity index (χ0n) is 10.4. The molecule has 0 aliphatic rings. The first-order valence-corrected chi connectivity index (χ1v) is 5.91. The molecule has 0 radical (unpaired) electrons. The van der Waals surface area contributed by atoms with E-state index in [1.165, 1.54) is 0 Å². The highest BCUT2D eigenvalue weighted by atomic mass is 16.1. The molecule has 0 aliphatic carbocycles. The quantitative estimate of drug-likeness (QED) is 0.739. The number of H-pyrrole nitrogens is 1. The van der Waals surface area contributed by atoms with E-state index in [0.717, 1.165) is 16.6 Å². The lowest BCUT2D eigenvalue weighted by Crippen LogP contribution is -2.22. The number of rotatable bonds is 3. The SMILES string of the molecule is Cn1cc(C(=O)NCc2ccc3nc[nH]c3c2)cn1. The minimum atomic E-state index is -0.127. The van der Waals surface area contributed by atoms with Crippen molar-refractivity contribution in [3.63, 3.8) is 0 Å². The third-order valence-electron chi connectivity index (χ3n) is 2.90. The molecule has 96 valence electrons. The smallest absolute Gasteiger partial charge is 0.254 e. The van der Waals surface area contributed by atoms with Crippen molar-refractivity contribution in [2.24, 2.45) is 7.05 Å². The van der Waals surface area contributed by atoms with E-state index in [0.29, 0.717) is 12.1 Å². The molecule has 0 bridgehead atoms. The van der Waals surface area contributed by atoms with Crippen molar-refractivity contribution in [2.45, 2.75) is 6.54 Å². The Labute approximate surface area is 109 Å². The summed E-state index contributed by atoms with van der Waals surface area (Å²) >= 11 is 0. The molecule has 0 saturated carbocycles. The third-order valence-corrected chi connectivity index (χ3v) is 2.90. The van der Waals surface area contributed by atoms with Crippen LogP contribution < -0.4 is 5.32 Å². The maximum absolute atomic E-state index is 11.9. The van der Waals surface area contributed by atoms with Crippen molar-refractivity contribution < 1.29 is 4.79 Å². The maximum atomic E-state index is 11.9. The molecule has 6 heteroatoms. The first kappa shape index (κ1) is 11.5. The van der Waals surface area contributed by atoms with Gasteiger partial charge in [-0.15, -0.1) is 0 Å². The number of fused-ring (bicyclic) bond motifs is 1. The van der Waals surface area contributed by atoms with Crippen molar-refractivity contribution in [1.82, 2.24) is 25.1 Å². The number of carbonyl (C=O) groups excluding carboxylic acids is 1. The monoisotopic (exact) mass is 255 g/mol. The Morgan fingerprint density at radius 3 is 3.16 bits per heavy atom. The summed E-state index contributed by atoms with van der Waals surface area (Å²) in [6.45, 7) is 0.475. The Morgan fingerprint density at radius 1 is 1.47 bits per heavy atom. The Kier molecular flexibility index (Phi) is 2.75. The van der Waals surface area contributed by atoms with Gasteiger partial charge >= 0.3 is 0 Å². The molecule has 0 spiro atoms. The molecule has 6 nitrogen and oxygen atoms in total. The minimum absolute atomic E-state index is 0.127. The summed E-state index contributed by atoms with van der Waals surface area (Å²) in [5.74, 6) is -0.127. The molecule has 0 fully saturated rings. The second kappa shape index (κ2) is 4.56. The lowest BCUT2D eigenvalue weighted by Gasteiger charge is -2.03. The first-order chi connectivity index (χ1) is 9.22. The zero-order valence-corrected chi connectivity index (χ0v) is 10.4. The van der Waals surface area contributed by atoms with Crippen molar-refractivity contribution in [3.8, 4) is 0 Å². The Bertz CT molecular complexity index is 727. The van der Waals surface area contributed by atoms with Gasteiger partial charge in [0, 0.05) is 19.8 Å². The van der Waals surface area contributed by atoms with E-state index in [9.17, 15) is 4.79 Å². The Morgan fingerprint density at radius 2 is 2.37 bits per heavy atom. The van der Waals surface area contributed by atoms with Gasteiger partial charge in [0.1, 0.15) is 0 Å². The number of aromatic amines is 1. The number of benzene rings is 1. The zero-order chi connectivity index (χ0) is 13.2. The van der Waals surface area contributed by atoms with Crippen LogP contribution in [0.4, 0.5) is 0 Å². The summed E-state index contributed by atoms with van der Waals surface area (Å²) in [6.07, 6.45) is 4.89. The van der Waals surface area contributed by atoms with E-state index >= 15 is 0 Å². The standard InChI is InChI=1S/C13H13N5O/c1-18-7-10(6-17-18)13(19)14-5-9-2-3-11-12(4-9)16-8-15-11/h2-4,6-8H,5H2,1H3,(H,14,19)(H,15,16). The van der Waals surface area contributed by atoms with E-state index < -0.39 is 0 Å².